The van der Waals surface area contributed by atoms with Gasteiger partial charge in [-0.2, -0.15) is 0 Å². The SMILES string of the molecule is CC(C)(C)OC(=O)Cn1c(=O)n(CC(N)C(=O)O)c2ccccc21.Cl. The molecule has 1 aromatic heterocycles. The van der Waals surface area contributed by atoms with E-state index in [0.29, 0.717) is 11.0 Å². The number of hydrogen-bond acceptors (Lipinski definition) is 5. The predicted molar refractivity (Wildman–Crippen MR) is 94.9 cm³/mol. The first-order valence-electron chi connectivity index (χ1n) is 7.48. The van der Waals surface area contributed by atoms with Crippen molar-refractivity contribution in [2.45, 2.75) is 45.5 Å². The van der Waals surface area contributed by atoms with Gasteiger partial charge in [0.2, 0.25) is 0 Å². The smallest absolute Gasteiger partial charge is 0.329 e. The normalized spacial score (nSPS) is 12.5. The number of halogens is 1. The van der Waals surface area contributed by atoms with E-state index in [9.17, 15) is 14.4 Å². The molecule has 1 heterocycles. The number of fused-ring (bicyclic) bond motifs is 1. The maximum Gasteiger partial charge on any atom is 0.329 e. The van der Waals surface area contributed by atoms with Crippen LogP contribution in [0.5, 0.6) is 0 Å². The van der Waals surface area contributed by atoms with E-state index in [2.05, 4.69) is 0 Å². The molecule has 138 valence electrons. The topological polar surface area (TPSA) is 117 Å². The lowest BCUT2D eigenvalue weighted by Crippen LogP contribution is -2.39. The molecule has 3 N–H and O–H groups in total. The lowest BCUT2D eigenvalue weighted by atomic mass is 10.2. The number of aliphatic carboxylic acids is 1. The van der Waals surface area contributed by atoms with Crippen LogP contribution in [0.3, 0.4) is 0 Å². The number of carbonyl (C=O) groups excluding carboxylic acids is 1. The van der Waals surface area contributed by atoms with Crippen LogP contribution < -0.4 is 11.4 Å². The molecule has 2 rings (SSSR count). The van der Waals surface area contributed by atoms with Gasteiger partial charge in [0.1, 0.15) is 18.2 Å². The molecule has 0 saturated carbocycles. The summed E-state index contributed by atoms with van der Waals surface area (Å²) in [5.41, 5.74) is 5.41. The monoisotopic (exact) mass is 371 g/mol. The lowest BCUT2D eigenvalue weighted by Gasteiger charge is -2.19. The molecule has 1 unspecified atom stereocenters. The van der Waals surface area contributed by atoms with Crippen molar-refractivity contribution in [1.29, 1.82) is 0 Å². The van der Waals surface area contributed by atoms with E-state index in [1.165, 1.54) is 9.13 Å². The minimum Gasteiger partial charge on any atom is -0.480 e. The zero-order valence-corrected chi connectivity index (χ0v) is 15.1. The maximum atomic E-state index is 12.6. The summed E-state index contributed by atoms with van der Waals surface area (Å²) in [5.74, 6) is -1.75. The van der Waals surface area contributed by atoms with Crippen LogP contribution in [0.1, 0.15) is 20.8 Å². The number of carboxylic acid groups (broad SMARTS) is 1. The molecule has 0 aliphatic carbocycles. The van der Waals surface area contributed by atoms with Crippen molar-refractivity contribution >= 4 is 35.4 Å². The number of rotatable bonds is 5. The molecule has 9 heteroatoms. The van der Waals surface area contributed by atoms with Gasteiger partial charge in [-0.3, -0.25) is 18.7 Å². The number of para-hydroxylation sites is 2. The molecule has 0 aliphatic rings. The van der Waals surface area contributed by atoms with Crippen molar-refractivity contribution < 1.29 is 19.4 Å². The number of nitrogens with zero attached hydrogens (tertiary/aromatic N) is 2. The Bertz CT molecular complexity index is 834. The van der Waals surface area contributed by atoms with Crippen LogP contribution in [0.25, 0.3) is 11.0 Å². The van der Waals surface area contributed by atoms with E-state index in [4.69, 9.17) is 15.6 Å². The molecule has 2 aromatic rings. The molecule has 25 heavy (non-hydrogen) atoms. The highest BCUT2D eigenvalue weighted by molar-refractivity contribution is 5.85. The minimum atomic E-state index is -1.22. The van der Waals surface area contributed by atoms with Gasteiger partial charge in [0.25, 0.3) is 0 Å². The Kier molecular flexibility index (Phi) is 6.39. The van der Waals surface area contributed by atoms with Crippen molar-refractivity contribution in [3.63, 3.8) is 0 Å². The number of imidazole rings is 1. The predicted octanol–water partition coefficient (Wildman–Crippen LogP) is 0.978. The van der Waals surface area contributed by atoms with E-state index >= 15 is 0 Å². The number of aromatic nitrogens is 2. The van der Waals surface area contributed by atoms with E-state index in [1.807, 2.05) is 0 Å². The number of ether oxygens (including phenoxy) is 1. The molecular weight excluding hydrogens is 350 g/mol. The van der Waals surface area contributed by atoms with E-state index in [-0.39, 0.29) is 25.5 Å². The molecule has 0 saturated heterocycles. The van der Waals surface area contributed by atoms with Crippen LogP contribution in [0.2, 0.25) is 0 Å². The van der Waals surface area contributed by atoms with E-state index < -0.39 is 29.3 Å². The number of nitrogens with two attached hydrogens (primary N) is 1. The zero-order chi connectivity index (χ0) is 18.1. The molecule has 8 nitrogen and oxygen atoms in total. The third-order valence-electron chi connectivity index (χ3n) is 3.33. The van der Waals surface area contributed by atoms with Gasteiger partial charge in [-0.05, 0) is 32.9 Å². The average Bonchev–Trinajstić information content (AvgIpc) is 2.71. The van der Waals surface area contributed by atoms with Crippen molar-refractivity contribution in [2.24, 2.45) is 5.73 Å². The van der Waals surface area contributed by atoms with Gasteiger partial charge in [-0.1, -0.05) is 12.1 Å². The average molecular weight is 372 g/mol. The quantitative estimate of drug-likeness (QED) is 0.756. The summed E-state index contributed by atoms with van der Waals surface area (Å²) in [5, 5.41) is 8.96. The second-order valence-corrected chi connectivity index (χ2v) is 6.50. The van der Waals surface area contributed by atoms with Gasteiger partial charge < -0.3 is 15.6 Å². The number of esters is 1. The van der Waals surface area contributed by atoms with Crippen LogP contribution in [0.4, 0.5) is 0 Å². The Balaban J connectivity index is 0.00000312. The first kappa shape index (κ1) is 20.7. The molecule has 0 aliphatic heterocycles. The number of benzene rings is 1. The summed E-state index contributed by atoms with van der Waals surface area (Å²) in [4.78, 5) is 35.6. The third kappa shape index (κ3) is 4.83. The van der Waals surface area contributed by atoms with Gasteiger partial charge in [-0.15, -0.1) is 12.4 Å². The summed E-state index contributed by atoms with van der Waals surface area (Å²) in [7, 11) is 0. The van der Waals surface area contributed by atoms with Gasteiger partial charge in [0.05, 0.1) is 17.6 Å². The Morgan fingerprint density at radius 1 is 1.20 bits per heavy atom. The Morgan fingerprint density at radius 2 is 1.72 bits per heavy atom. The van der Waals surface area contributed by atoms with Crippen molar-refractivity contribution in [1.82, 2.24) is 9.13 Å². The fourth-order valence-electron chi connectivity index (χ4n) is 2.38. The largest absolute Gasteiger partial charge is 0.480 e. The lowest BCUT2D eigenvalue weighted by molar-refractivity contribution is -0.155. The highest BCUT2D eigenvalue weighted by Gasteiger charge is 2.22. The first-order valence-corrected chi connectivity index (χ1v) is 7.48. The molecule has 0 bridgehead atoms. The Hall–Kier alpha value is -2.32. The van der Waals surface area contributed by atoms with Crippen molar-refractivity contribution in [2.75, 3.05) is 0 Å². The molecule has 0 spiro atoms. The van der Waals surface area contributed by atoms with Crippen LogP contribution >= 0.6 is 12.4 Å². The number of carboxylic acids is 1. The first-order chi connectivity index (χ1) is 11.1. The fourth-order valence-corrected chi connectivity index (χ4v) is 2.38. The molecule has 1 atom stereocenters. The van der Waals surface area contributed by atoms with Gasteiger partial charge >= 0.3 is 17.6 Å². The van der Waals surface area contributed by atoms with Gasteiger partial charge in [-0.25, -0.2) is 4.79 Å². The maximum absolute atomic E-state index is 12.6. The van der Waals surface area contributed by atoms with Crippen LogP contribution in [-0.2, 0) is 27.4 Å². The second-order valence-electron chi connectivity index (χ2n) is 6.50. The third-order valence-corrected chi connectivity index (χ3v) is 3.33. The summed E-state index contributed by atoms with van der Waals surface area (Å²) in [6, 6.07) is 5.60. The summed E-state index contributed by atoms with van der Waals surface area (Å²) in [6.07, 6.45) is 0. The number of carbonyl (C=O) groups is 2. The summed E-state index contributed by atoms with van der Waals surface area (Å²) >= 11 is 0. The Labute approximate surface area is 150 Å². The zero-order valence-electron chi connectivity index (χ0n) is 14.3. The minimum absolute atomic E-state index is 0. The highest BCUT2D eigenvalue weighted by Crippen LogP contribution is 2.14. The molecule has 0 radical (unpaired) electrons. The second kappa shape index (κ2) is 7.71. The Morgan fingerprint density at radius 3 is 2.20 bits per heavy atom. The van der Waals surface area contributed by atoms with Gasteiger partial charge in [0.15, 0.2) is 0 Å². The summed E-state index contributed by atoms with van der Waals surface area (Å²) in [6.45, 7) is 4.77. The summed E-state index contributed by atoms with van der Waals surface area (Å²) < 4.78 is 7.77. The van der Waals surface area contributed by atoms with Gasteiger partial charge in [0, 0.05) is 0 Å². The molecule has 1 aromatic carbocycles. The molecule has 0 fully saturated rings. The molecular formula is C16H22ClN3O5. The highest BCUT2D eigenvalue weighted by atomic mass is 35.5. The number of hydrogen-bond donors (Lipinski definition) is 2. The molecule has 0 amide bonds. The van der Waals surface area contributed by atoms with Crippen molar-refractivity contribution in [3.05, 3.63) is 34.7 Å². The van der Waals surface area contributed by atoms with E-state index in [0.717, 1.165) is 0 Å². The standard InChI is InChI=1S/C16H21N3O5.ClH/c1-16(2,3)24-13(20)9-19-12-7-5-4-6-11(12)18(15(19)23)8-10(17)14(21)22;/h4-7,10H,8-9,17H2,1-3H3,(H,21,22);1H. The van der Waals surface area contributed by atoms with Crippen LogP contribution in [0, 0.1) is 0 Å². The van der Waals surface area contributed by atoms with Crippen LogP contribution in [0.15, 0.2) is 29.1 Å². The van der Waals surface area contributed by atoms with Crippen molar-refractivity contribution in [3.8, 4) is 0 Å². The van der Waals surface area contributed by atoms with E-state index in [1.54, 1.807) is 45.0 Å². The fraction of sp³-hybridized carbons (Fsp3) is 0.438. The van der Waals surface area contributed by atoms with Crippen LogP contribution in [-0.4, -0.2) is 37.8 Å².